The van der Waals surface area contributed by atoms with Gasteiger partial charge in [0.2, 0.25) is 5.91 Å². The second-order valence-corrected chi connectivity index (χ2v) is 6.86. The highest BCUT2D eigenvalue weighted by atomic mass is 79.9. The minimum Gasteiger partial charge on any atom is -0.462 e. The van der Waals surface area contributed by atoms with Crippen molar-refractivity contribution in [3.8, 4) is 0 Å². The third-order valence-electron chi connectivity index (χ3n) is 3.97. The van der Waals surface area contributed by atoms with E-state index in [-0.39, 0.29) is 17.7 Å². The van der Waals surface area contributed by atoms with Gasteiger partial charge in [0, 0.05) is 22.3 Å². The van der Waals surface area contributed by atoms with Gasteiger partial charge in [-0.1, -0.05) is 34.1 Å². The second kappa shape index (κ2) is 8.31. The number of carbonyl (C=O) groups excluding carboxylic acids is 3. The third kappa shape index (κ3) is 3.94. The Labute approximate surface area is 169 Å². The van der Waals surface area contributed by atoms with Crippen LogP contribution in [0.3, 0.4) is 0 Å². The van der Waals surface area contributed by atoms with Gasteiger partial charge in [-0.3, -0.25) is 14.2 Å². The van der Waals surface area contributed by atoms with Crippen LogP contribution in [0.1, 0.15) is 34.6 Å². The molecule has 0 fully saturated rings. The molecule has 0 atom stereocenters. The van der Waals surface area contributed by atoms with E-state index in [9.17, 15) is 14.4 Å². The zero-order chi connectivity index (χ0) is 20.3. The molecule has 0 bridgehead atoms. The molecular weight excluding hydrogens is 424 g/mol. The molecule has 2 aromatic carbocycles. The van der Waals surface area contributed by atoms with Crippen LogP contribution in [-0.4, -0.2) is 29.0 Å². The fourth-order valence-corrected chi connectivity index (χ4v) is 3.21. The van der Waals surface area contributed by atoms with Crippen LogP contribution in [0.4, 0.5) is 0 Å². The van der Waals surface area contributed by atoms with E-state index in [0.29, 0.717) is 16.5 Å². The van der Waals surface area contributed by atoms with Crippen LogP contribution >= 0.6 is 15.9 Å². The molecule has 1 aromatic heterocycles. The van der Waals surface area contributed by atoms with Crippen molar-refractivity contribution in [2.45, 2.75) is 13.8 Å². The molecule has 1 heterocycles. The molecule has 0 radical (unpaired) electrons. The van der Waals surface area contributed by atoms with Crippen molar-refractivity contribution in [1.82, 2.24) is 4.57 Å². The quantitative estimate of drug-likeness (QED) is 0.581. The summed E-state index contributed by atoms with van der Waals surface area (Å²) in [6, 6.07) is 15.5. The van der Waals surface area contributed by atoms with Gasteiger partial charge in [0.15, 0.2) is 5.49 Å². The predicted octanol–water partition coefficient (Wildman–Crippen LogP) is 3.72. The Balaban J connectivity index is 2.46. The number of aromatic nitrogens is 1. The molecule has 7 heteroatoms. The van der Waals surface area contributed by atoms with E-state index >= 15 is 0 Å². The highest BCUT2D eigenvalue weighted by molar-refractivity contribution is 9.10. The zero-order valence-electron chi connectivity index (χ0n) is 15.3. The zero-order valence-corrected chi connectivity index (χ0v) is 16.9. The molecule has 0 saturated heterocycles. The number of nitrogens with zero attached hydrogens (tertiary/aromatic N) is 2. The van der Waals surface area contributed by atoms with Crippen molar-refractivity contribution >= 4 is 44.6 Å². The van der Waals surface area contributed by atoms with E-state index in [1.165, 1.54) is 11.5 Å². The topological polar surface area (TPSA) is 77.7 Å². The molecule has 3 aromatic rings. The minimum atomic E-state index is -0.654. The molecule has 0 spiro atoms. The molecule has 0 N–H and O–H groups in total. The van der Waals surface area contributed by atoms with Crippen LogP contribution in [-0.2, 0) is 9.53 Å². The Morgan fingerprint density at radius 3 is 2.43 bits per heavy atom. The lowest BCUT2D eigenvalue weighted by molar-refractivity contribution is -0.116. The highest BCUT2D eigenvalue weighted by Crippen LogP contribution is 2.21. The molecule has 28 heavy (non-hydrogen) atoms. The van der Waals surface area contributed by atoms with E-state index in [1.54, 1.807) is 61.5 Å². The molecule has 1 amide bonds. The maximum Gasteiger partial charge on any atom is 0.341 e. The first-order chi connectivity index (χ1) is 13.4. The summed E-state index contributed by atoms with van der Waals surface area (Å²) in [5.41, 5.74) is 0.921. The van der Waals surface area contributed by atoms with Crippen LogP contribution in [0, 0.1) is 0 Å². The van der Waals surface area contributed by atoms with Crippen LogP contribution in [0.15, 0.2) is 64.1 Å². The summed E-state index contributed by atoms with van der Waals surface area (Å²) in [6.45, 7) is 3.10. The first-order valence-corrected chi connectivity index (χ1v) is 9.39. The number of esters is 1. The average Bonchev–Trinajstić information content (AvgIpc) is 2.67. The Bertz CT molecular complexity index is 1150. The molecule has 0 aliphatic carbocycles. The Kier molecular flexibility index (Phi) is 5.84. The molecule has 0 aliphatic heterocycles. The van der Waals surface area contributed by atoms with Gasteiger partial charge in [-0.05, 0) is 43.3 Å². The van der Waals surface area contributed by atoms with Crippen LogP contribution < -0.4 is 5.49 Å². The number of fused-ring (bicyclic) bond motifs is 1. The molecule has 0 saturated carbocycles. The van der Waals surface area contributed by atoms with Gasteiger partial charge in [0.05, 0.1) is 12.1 Å². The Morgan fingerprint density at radius 2 is 1.79 bits per heavy atom. The molecule has 6 nitrogen and oxygen atoms in total. The Hall–Kier alpha value is -3.06. The first-order valence-electron chi connectivity index (χ1n) is 8.60. The standard InChI is InChI=1S/C21H17BrN2O4/c1-3-28-21(27)17-12-15-11-16(22)9-10-18(15)24(19(17)23-13(2)25)20(26)14-7-5-4-6-8-14/h4-12H,3H2,1-2H3. The summed E-state index contributed by atoms with van der Waals surface area (Å²) in [7, 11) is 0. The maximum absolute atomic E-state index is 13.3. The van der Waals surface area contributed by atoms with E-state index < -0.39 is 17.8 Å². The fraction of sp³-hybridized carbons (Fsp3) is 0.143. The molecule has 0 aliphatic rings. The fourth-order valence-electron chi connectivity index (χ4n) is 2.83. The predicted molar refractivity (Wildman–Crippen MR) is 108 cm³/mol. The lowest BCUT2D eigenvalue weighted by Gasteiger charge is -2.14. The number of amides is 1. The summed E-state index contributed by atoms with van der Waals surface area (Å²) in [4.78, 5) is 41.6. The minimum absolute atomic E-state index is 0.0466. The number of pyridine rings is 1. The average molecular weight is 441 g/mol. The maximum atomic E-state index is 13.3. The molecule has 142 valence electrons. The number of hydrogen-bond acceptors (Lipinski definition) is 4. The first kappa shape index (κ1) is 19.7. The summed E-state index contributed by atoms with van der Waals surface area (Å²) in [5, 5.41) is 0.629. The van der Waals surface area contributed by atoms with Gasteiger partial charge in [-0.2, -0.15) is 4.99 Å². The van der Waals surface area contributed by atoms with Crippen LogP contribution in [0.5, 0.6) is 0 Å². The highest BCUT2D eigenvalue weighted by Gasteiger charge is 2.20. The SMILES string of the molecule is CCOC(=O)c1cc2cc(Br)ccc2n(C(=O)c2ccccc2)c1=NC(C)=O. The van der Waals surface area contributed by atoms with Gasteiger partial charge in [0.25, 0.3) is 5.91 Å². The van der Waals surface area contributed by atoms with Crippen LogP contribution in [0.2, 0.25) is 0 Å². The van der Waals surface area contributed by atoms with Gasteiger partial charge >= 0.3 is 5.97 Å². The number of hydrogen-bond donors (Lipinski definition) is 0. The van der Waals surface area contributed by atoms with E-state index in [1.807, 2.05) is 0 Å². The van der Waals surface area contributed by atoms with Gasteiger partial charge in [-0.25, -0.2) is 4.79 Å². The molecular formula is C21H17BrN2O4. The van der Waals surface area contributed by atoms with Crippen molar-refractivity contribution in [2.24, 2.45) is 4.99 Å². The van der Waals surface area contributed by atoms with Gasteiger partial charge in [0.1, 0.15) is 5.56 Å². The number of halogens is 1. The largest absolute Gasteiger partial charge is 0.462 e. The van der Waals surface area contributed by atoms with Crippen molar-refractivity contribution in [3.63, 3.8) is 0 Å². The smallest absolute Gasteiger partial charge is 0.341 e. The third-order valence-corrected chi connectivity index (χ3v) is 4.46. The molecule has 3 rings (SSSR count). The number of rotatable bonds is 3. The van der Waals surface area contributed by atoms with E-state index in [0.717, 1.165) is 4.47 Å². The summed E-state index contributed by atoms with van der Waals surface area (Å²) in [5.74, 6) is -1.59. The van der Waals surface area contributed by atoms with E-state index in [4.69, 9.17) is 4.74 Å². The van der Waals surface area contributed by atoms with Gasteiger partial charge < -0.3 is 4.74 Å². The van der Waals surface area contributed by atoms with Crippen molar-refractivity contribution in [2.75, 3.05) is 6.61 Å². The lowest BCUT2D eigenvalue weighted by Crippen LogP contribution is -2.34. The summed E-state index contributed by atoms with van der Waals surface area (Å²) < 4.78 is 7.19. The second-order valence-electron chi connectivity index (χ2n) is 5.94. The van der Waals surface area contributed by atoms with Crippen molar-refractivity contribution in [1.29, 1.82) is 0 Å². The molecule has 0 unspecified atom stereocenters. The van der Waals surface area contributed by atoms with E-state index in [2.05, 4.69) is 20.9 Å². The van der Waals surface area contributed by atoms with Crippen molar-refractivity contribution < 1.29 is 19.1 Å². The number of carbonyl (C=O) groups is 3. The summed E-state index contributed by atoms with van der Waals surface area (Å²) >= 11 is 3.40. The number of ether oxygens (including phenoxy) is 1. The van der Waals surface area contributed by atoms with Gasteiger partial charge in [-0.15, -0.1) is 0 Å². The Morgan fingerprint density at radius 1 is 1.07 bits per heavy atom. The van der Waals surface area contributed by atoms with Crippen molar-refractivity contribution in [3.05, 3.63) is 75.7 Å². The summed E-state index contributed by atoms with van der Waals surface area (Å²) in [6.07, 6.45) is 0. The van der Waals surface area contributed by atoms with Crippen LogP contribution in [0.25, 0.3) is 10.9 Å². The normalized spacial score (nSPS) is 11.5. The number of benzene rings is 2. The monoisotopic (exact) mass is 440 g/mol. The lowest BCUT2D eigenvalue weighted by atomic mass is 10.1.